The van der Waals surface area contributed by atoms with E-state index < -0.39 is 22.2 Å². The summed E-state index contributed by atoms with van der Waals surface area (Å²) in [6.07, 6.45) is 8.17. The molecule has 2 aliphatic rings. The van der Waals surface area contributed by atoms with E-state index in [9.17, 15) is 18.3 Å². The number of carbonyl (C=O) groups is 2. The number of aliphatic hydroxyl groups is 1. The molecule has 40 heavy (non-hydrogen) atoms. The molecule has 0 unspecified atom stereocenters. The topological polar surface area (TPSA) is 150 Å². The molecule has 1 aliphatic heterocycles. The van der Waals surface area contributed by atoms with Crippen LogP contribution in [-0.4, -0.2) is 60.3 Å². The first-order valence-electron chi connectivity index (χ1n) is 13.7. The summed E-state index contributed by atoms with van der Waals surface area (Å²) in [4.78, 5) is 21.9. The Hall–Kier alpha value is -3.41. The Morgan fingerprint density at radius 3 is 2.55 bits per heavy atom. The number of rotatable bonds is 9. The van der Waals surface area contributed by atoms with Crippen molar-refractivity contribution in [2.75, 3.05) is 11.3 Å². The van der Waals surface area contributed by atoms with Gasteiger partial charge in [0, 0.05) is 29.7 Å². The van der Waals surface area contributed by atoms with Crippen LogP contribution in [0.5, 0.6) is 0 Å². The summed E-state index contributed by atoms with van der Waals surface area (Å²) in [6.45, 7) is 2.16. The monoisotopic (exact) mass is 570 g/mol. The third-order valence-corrected chi connectivity index (χ3v) is 8.72. The number of aromatic nitrogens is 1. The molecule has 1 amide bonds. The molecule has 1 saturated carbocycles. The predicted octanol–water partition coefficient (Wildman–Crippen LogP) is 3.24. The predicted molar refractivity (Wildman–Crippen MR) is 155 cm³/mol. The van der Waals surface area contributed by atoms with Crippen LogP contribution in [0.25, 0.3) is 10.9 Å². The number of hydrogen-bond donors (Lipinski definition) is 5. The Bertz CT molecular complexity index is 1420. The van der Waals surface area contributed by atoms with Gasteiger partial charge in [0.1, 0.15) is 5.88 Å². The number of carboxylic acid groups (broad SMARTS) is 1. The molecule has 2 aromatic carbocycles. The number of anilines is 1. The first-order valence-corrected chi connectivity index (χ1v) is 15.4. The van der Waals surface area contributed by atoms with Crippen molar-refractivity contribution < 1.29 is 28.2 Å². The summed E-state index contributed by atoms with van der Waals surface area (Å²) in [6, 6.07) is 13.1. The van der Waals surface area contributed by atoms with Crippen LogP contribution in [0.15, 0.2) is 48.7 Å². The molecular weight excluding hydrogens is 532 g/mol. The molecule has 0 bridgehead atoms. The number of benzene rings is 2. The number of amides is 1. The molecule has 2 atom stereocenters. The van der Waals surface area contributed by atoms with Gasteiger partial charge in [-0.1, -0.05) is 56.5 Å². The van der Waals surface area contributed by atoms with Crippen molar-refractivity contribution in [2.45, 2.75) is 75.9 Å². The second kappa shape index (κ2) is 13.3. The number of carbonyl (C=O) groups excluding carboxylic acids is 1. The third-order valence-electron chi connectivity index (χ3n) is 7.57. The molecule has 0 radical (unpaired) electrons. The lowest BCUT2D eigenvalue weighted by Gasteiger charge is -2.28. The van der Waals surface area contributed by atoms with Gasteiger partial charge in [0.25, 0.3) is 22.4 Å². The Balaban J connectivity index is 0.00000118. The number of aryl methyl sites for hydroxylation is 1. The second-order valence-electron chi connectivity index (χ2n) is 10.4. The molecule has 5 rings (SSSR count). The molecule has 0 saturated heterocycles. The van der Waals surface area contributed by atoms with Crippen molar-refractivity contribution in [1.82, 2.24) is 15.2 Å². The Labute approximate surface area is 234 Å². The lowest BCUT2D eigenvalue weighted by molar-refractivity contribution is -0.122. The maximum Gasteiger partial charge on any atom is 0.290 e. The highest BCUT2D eigenvalue weighted by Crippen LogP contribution is 2.34. The van der Waals surface area contributed by atoms with Gasteiger partial charge in [-0.25, -0.2) is 8.42 Å². The van der Waals surface area contributed by atoms with Crippen molar-refractivity contribution >= 4 is 39.0 Å². The number of nitrogens with zero attached hydrogens (tertiary/aromatic N) is 1. The smallest absolute Gasteiger partial charge is 0.290 e. The summed E-state index contributed by atoms with van der Waals surface area (Å²) in [5.41, 5.74) is 3.58. The lowest BCUT2D eigenvalue weighted by atomic mass is 9.94. The van der Waals surface area contributed by atoms with Crippen LogP contribution in [-0.2, 0) is 33.5 Å². The largest absolute Gasteiger partial charge is 0.483 e. The highest BCUT2D eigenvalue weighted by molar-refractivity contribution is 7.91. The zero-order valence-electron chi connectivity index (χ0n) is 22.7. The fraction of sp³-hybridized carbons (Fsp3) is 0.448. The van der Waals surface area contributed by atoms with E-state index in [1.165, 1.54) is 19.3 Å². The van der Waals surface area contributed by atoms with Crippen molar-refractivity contribution in [1.29, 1.82) is 0 Å². The molecule has 5 N–H and O–H groups in total. The Morgan fingerprint density at radius 1 is 1.18 bits per heavy atom. The van der Waals surface area contributed by atoms with E-state index in [-0.39, 0.29) is 18.3 Å². The maximum absolute atomic E-state index is 13.5. The summed E-state index contributed by atoms with van der Waals surface area (Å²) in [7, 11) is -3.54. The maximum atomic E-state index is 13.5. The summed E-state index contributed by atoms with van der Waals surface area (Å²) >= 11 is 0. The van der Waals surface area contributed by atoms with Crippen LogP contribution in [0.2, 0.25) is 0 Å². The molecule has 216 valence electrons. The zero-order valence-corrected chi connectivity index (χ0v) is 23.5. The SMILES string of the molecule is CCc1cn2c3c(cc(C(=O)N[C@@H](Cc4ccccc4)[C@H](O)CNC4CCCCC4)cc13)NS(=O)(=O)C2.O=CO. The molecular formula is C29H38N4O6S. The number of nitrogens with one attached hydrogen (secondary N) is 3. The van der Waals surface area contributed by atoms with Gasteiger partial charge >= 0.3 is 0 Å². The minimum Gasteiger partial charge on any atom is -0.483 e. The number of sulfonamides is 1. The number of aliphatic hydroxyl groups excluding tert-OH is 1. The van der Waals surface area contributed by atoms with E-state index in [4.69, 9.17) is 9.90 Å². The van der Waals surface area contributed by atoms with Gasteiger partial charge in [0.15, 0.2) is 0 Å². The van der Waals surface area contributed by atoms with Gasteiger partial charge in [0.2, 0.25) is 0 Å². The van der Waals surface area contributed by atoms with Gasteiger partial charge in [0.05, 0.1) is 23.3 Å². The molecule has 2 heterocycles. The van der Waals surface area contributed by atoms with Gasteiger partial charge < -0.3 is 25.4 Å². The Morgan fingerprint density at radius 2 is 1.88 bits per heavy atom. The van der Waals surface area contributed by atoms with Crippen molar-refractivity contribution in [3.8, 4) is 0 Å². The van der Waals surface area contributed by atoms with E-state index in [1.807, 2.05) is 49.5 Å². The van der Waals surface area contributed by atoms with Crippen molar-refractivity contribution in [3.05, 3.63) is 65.4 Å². The van der Waals surface area contributed by atoms with Crippen LogP contribution in [0, 0.1) is 0 Å². The summed E-state index contributed by atoms with van der Waals surface area (Å²) < 4.78 is 29.2. The van der Waals surface area contributed by atoms with Crippen molar-refractivity contribution in [2.24, 2.45) is 0 Å². The number of hydrogen-bond acceptors (Lipinski definition) is 6. The standard InChI is InChI=1S/C28H36N4O4S.CH2O2/c1-2-20-17-32-18-37(35,36)31-25-15-21(14-23(20)27(25)32)28(34)30-24(13-19-9-5-3-6-10-19)26(33)16-29-22-11-7-4-8-12-22;2-1-3/h3,5-6,9-10,14-15,17,22,24,26,29,31,33H,2,4,7-8,11-13,16,18H2,1H3,(H,30,34);1H,(H,2,3)/t24-,26+;/m0./s1. The highest BCUT2D eigenvalue weighted by atomic mass is 32.2. The van der Waals surface area contributed by atoms with Gasteiger partial charge in [-0.3, -0.25) is 14.3 Å². The van der Waals surface area contributed by atoms with Crippen LogP contribution < -0.4 is 15.4 Å². The van der Waals surface area contributed by atoms with Crippen molar-refractivity contribution in [3.63, 3.8) is 0 Å². The minimum atomic E-state index is -3.54. The minimum absolute atomic E-state index is 0.138. The first kappa shape index (κ1) is 29.6. The first-order chi connectivity index (χ1) is 19.2. The fourth-order valence-corrected chi connectivity index (χ4v) is 6.75. The van der Waals surface area contributed by atoms with E-state index >= 15 is 0 Å². The molecule has 1 aliphatic carbocycles. The van der Waals surface area contributed by atoms with E-state index in [0.717, 1.165) is 41.3 Å². The lowest BCUT2D eigenvalue weighted by Crippen LogP contribution is -2.50. The zero-order chi connectivity index (χ0) is 28.7. The van der Waals surface area contributed by atoms with Crippen LogP contribution in [0.4, 0.5) is 5.69 Å². The second-order valence-corrected chi connectivity index (χ2v) is 12.1. The van der Waals surface area contributed by atoms with Crippen LogP contribution in [0.1, 0.15) is 60.5 Å². The van der Waals surface area contributed by atoms with Gasteiger partial charge in [-0.05, 0) is 48.9 Å². The average Bonchev–Trinajstić information content (AvgIpc) is 3.29. The normalized spacial score (nSPS) is 17.6. The average molecular weight is 571 g/mol. The third kappa shape index (κ3) is 7.21. The summed E-state index contributed by atoms with van der Waals surface area (Å²) in [5, 5.41) is 25.5. The highest BCUT2D eigenvalue weighted by Gasteiger charge is 2.28. The quantitative estimate of drug-likeness (QED) is 0.248. The molecule has 10 nitrogen and oxygen atoms in total. The van der Waals surface area contributed by atoms with E-state index in [2.05, 4.69) is 15.4 Å². The van der Waals surface area contributed by atoms with Gasteiger partial charge in [-0.15, -0.1) is 0 Å². The van der Waals surface area contributed by atoms with E-state index in [1.54, 1.807) is 10.6 Å². The molecule has 1 fully saturated rings. The Kier molecular flexibility index (Phi) is 9.83. The molecule has 11 heteroatoms. The summed E-state index contributed by atoms with van der Waals surface area (Å²) in [5.74, 6) is -0.475. The fourth-order valence-electron chi connectivity index (χ4n) is 5.63. The van der Waals surface area contributed by atoms with Crippen LogP contribution >= 0.6 is 0 Å². The molecule has 1 aromatic heterocycles. The molecule has 0 spiro atoms. The molecule has 3 aromatic rings. The van der Waals surface area contributed by atoms with Crippen LogP contribution in [0.3, 0.4) is 0 Å². The van der Waals surface area contributed by atoms with Gasteiger partial charge in [-0.2, -0.15) is 0 Å². The van der Waals surface area contributed by atoms with E-state index in [0.29, 0.717) is 30.3 Å².